The van der Waals surface area contributed by atoms with Gasteiger partial charge in [0.05, 0.1) is 28.9 Å². The molecule has 0 spiro atoms. The maximum Gasteiger partial charge on any atom is 0.277 e. The first-order valence-electron chi connectivity index (χ1n) is 8.77. The first kappa shape index (κ1) is 19.4. The predicted octanol–water partition coefficient (Wildman–Crippen LogP) is 3.63. The predicted molar refractivity (Wildman–Crippen MR) is 111 cm³/mol. The highest BCUT2D eigenvalue weighted by molar-refractivity contribution is 6.30. The molecule has 0 aliphatic carbocycles. The fraction of sp³-hybridized carbons (Fsp3) is 0.0476. The molecule has 2 heterocycles. The van der Waals surface area contributed by atoms with Crippen molar-refractivity contribution >= 4 is 34.7 Å². The lowest BCUT2D eigenvalue weighted by Gasteiger charge is -2.09. The van der Waals surface area contributed by atoms with E-state index in [1.54, 1.807) is 48.5 Å². The number of benzene rings is 2. The molecule has 0 bridgehead atoms. The van der Waals surface area contributed by atoms with Crippen LogP contribution in [0.5, 0.6) is 5.75 Å². The summed E-state index contributed by atoms with van der Waals surface area (Å²) in [4.78, 5) is 24.4. The number of para-hydroxylation sites is 1. The second kappa shape index (κ2) is 8.62. The third-order valence-electron chi connectivity index (χ3n) is 4.10. The summed E-state index contributed by atoms with van der Waals surface area (Å²) in [6.07, 6.45) is 4.00. The molecule has 1 amide bonds. The maximum absolute atomic E-state index is 12.4. The van der Waals surface area contributed by atoms with Gasteiger partial charge in [-0.3, -0.25) is 9.59 Å². The van der Waals surface area contributed by atoms with Crippen molar-refractivity contribution in [1.29, 1.82) is 0 Å². The minimum Gasteiger partial charge on any atom is -0.483 e. The van der Waals surface area contributed by atoms with Gasteiger partial charge in [-0.15, -0.1) is 0 Å². The Labute approximate surface area is 174 Å². The fourth-order valence-corrected chi connectivity index (χ4v) is 2.88. The molecule has 2 aromatic carbocycles. The summed E-state index contributed by atoms with van der Waals surface area (Å²) < 4.78 is 16.1. The standard InChI is InChI=1S/C21H14ClN3O5/c22-14-5-6-18(16(9-14)19-7-8-24-30-19)29-12-20(26)25-23-10-13-11-28-17-4-2-1-3-15(17)21(13)27/h1-11H,12H2,(H,25,26)/b23-10+. The van der Waals surface area contributed by atoms with E-state index in [1.165, 1.54) is 18.7 Å². The Kier molecular flexibility index (Phi) is 5.58. The van der Waals surface area contributed by atoms with Gasteiger partial charge in [-0.1, -0.05) is 28.9 Å². The Morgan fingerprint density at radius 2 is 2.10 bits per heavy atom. The van der Waals surface area contributed by atoms with E-state index in [-0.39, 0.29) is 17.6 Å². The summed E-state index contributed by atoms with van der Waals surface area (Å²) in [5.41, 5.74) is 3.30. The molecule has 2 aromatic heterocycles. The Hall–Kier alpha value is -3.91. The van der Waals surface area contributed by atoms with Crippen molar-refractivity contribution in [2.75, 3.05) is 6.61 Å². The molecule has 0 aliphatic heterocycles. The van der Waals surface area contributed by atoms with Crippen molar-refractivity contribution in [1.82, 2.24) is 10.6 Å². The average Bonchev–Trinajstić information content (AvgIpc) is 3.29. The fourth-order valence-electron chi connectivity index (χ4n) is 2.71. The summed E-state index contributed by atoms with van der Waals surface area (Å²) in [5, 5.41) is 8.36. The average molecular weight is 424 g/mol. The number of hydrogen-bond acceptors (Lipinski definition) is 7. The van der Waals surface area contributed by atoms with Crippen molar-refractivity contribution in [2.45, 2.75) is 0 Å². The zero-order valence-corrected chi connectivity index (χ0v) is 16.1. The molecule has 9 heteroatoms. The largest absolute Gasteiger partial charge is 0.483 e. The van der Waals surface area contributed by atoms with Crippen LogP contribution in [0.3, 0.4) is 0 Å². The van der Waals surface area contributed by atoms with Crippen LogP contribution in [0.25, 0.3) is 22.3 Å². The lowest BCUT2D eigenvalue weighted by molar-refractivity contribution is -0.123. The molecule has 0 saturated carbocycles. The third-order valence-corrected chi connectivity index (χ3v) is 4.34. The van der Waals surface area contributed by atoms with Gasteiger partial charge in [-0.2, -0.15) is 5.10 Å². The third kappa shape index (κ3) is 4.23. The number of carbonyl (C=O) groups excluding carboxylic acids is 1. The number of aromatic nitrogens is 1. The number of nitrogens with zero attached hydrogens (tertiary/aromatic N) is 2. The van der Waals surface area contributed by atoms with Gasteiger partial charge in [0.2, 0.25) is 5.43 Å². The molecule has 0 radical (unpaired) electrons. The Morgan fingerprint density at radius 3 is 2.93 bits per heavy atom. The van der Waals surface area contributed by atoms with Crippen LogP contribution in [0.2, 0.25) is 5.02 Å². The van der Waals surface area contributed by atoms with Gasteiger partial charge >= 0.3 is 0 Å². The minimum atomic E-state index is -0.519. The van der Waals surface area contributed by atoms with Gasteiger partial charge in [0.1, 0.15) is 17.6 Å². The molecule has 1 N–H and O–H groups in total. The highest BCUT2D eigenvalue weighted by Crippen LogP contribution is 2.32. The van der Waals surface area contributed by atoms with Crippen LogP contribution in [0, 0.1) is 0 Å². The quantitative estimate of drug-likeness (QED) is 0.375. The molecule has 150 valence electrons. The van der Waals surface area contributed by atoms with Crippen LogP contribution in [-0.2, 0) is 4.79 Å². The minimum absolute atomic E-state index is 0.209. The summed E-state index contributed by atoms with van der Waals surface area (Å²) in [6.45, 7) is -0.313. The molecule has 8 nitrogen and oxygen atoms in total. The van der Waals surface area contributed by atoms with Crippen molar-refractivity contribution in [2.24, 2.45) is 5.10 Å². The van der Waals surface area contributed by atoms with E-state index in [0.29, 0.717) is 33.1 Å². The summed E-state index contributed by atoms with van der Waals surface area (Å²) in [5.74, 6) is 0.328. The second-order valence-corrected chi connectivity index (χ2v) is 6.55. The maximum atomic E-state index is 12.4. The van der Waals surface area contributed by atoms with Crippen LogP contribution in [-0.4, -0.2) is 23.9 Å². The first-order valence-corrected chi connectivity index (χ1v) is 9.15. The van der Waals surface area contributed by atoms with Crippen LogP contribution in [0.15, 0.2) is 79.8 Å². The number of nitrogens with one attached hydrogen (secondary N) is 1. The van der Waals surface area contributed by atoms with Crippen LogP contribution in [0.4, 0.5) is 0 Å². The summed E-state index contributed by atoms with van der Waals surface area (Å²) in [7, 11) is 0. The van der Waals surface area contributed by atoms with Crippen LogP contribution < -0.4 is 15.6 Å². The van der Waals surface area contributed by atoms with E-state index < -0.39 is 5.91 Å². The molecule has 0 aliphatic rings. The van der Waals surface area contributed by atoms with E-state index in [1.807, 2.05) is 0 Å². The van der Waals surface area contributed by atoms with Gasteiger partial charge in [0.15, 0.2) is 12.4 Å². The van der Waals surface area contributed by atoms with Crippen molar-refractivity contribution in [3.05, 3.63) is 81.8 Å². The van der Waals surface area contributed by atoms with Gasteiger partial charge < -0.3 is 13.7 Å². The molecular formula is C21H14ClN3O5. The van der Waals surface area contributed by atoms with Gasteiger partial charge in [-0.25, -0.2) is 5.43 Å². The summed E-state index contributed by atoms with van der Waals surface area (Å²) >= 11 is 6.02. The topological polar surface area (TPSA) is 107 Å². The molecule has 0 unspecified atom stereocenters. The van der Waals surface area contributed by atoms with E-state index in [9.17, 15) is 9.59 Å². The van der Waals surface area contributed by atoms with E-state index in [2.05, 4.69) is 15.7 Å². The van der Waals surface area contributed by atoms with Gasteiger partial charge in [0, 0.05) is 11.1 Å². The number of rotatable bonds is 6. The molecule has 4 aromatic rings. The zero-order valence-electron chi connectivity index (χ0n) is 15.4. The number of hydrazone groups is 1. The Morgan fingerprint density at radius 1 is 1.23 bits per heavy atom. The smallest absolute Gasteiger partial charge is 0.277 e. The highest BCUT2D eigenvalue weighted by Gasteiger charge is 2.12. The van der Waals surface area contributed by atoms with E-state index in [4.69, 9.17) is 25.3 Å². The molecule has 0 atom stereocenters. The number of carbonyl (C=O) groups is 1. The number of hydrogen-bond donors (Lipinski definition) is 1. The molecule has 4 rings (SSSR count). The van der Waals surface area contributed by atoms with Crippen LogP contribution >= 0.6 is 11.6 Å². The van der Waals surface area contributed by atoms with Crippen LogP contribution in [0.1, 0.15) is 5.56 Å². The SMILES string of the molecule is O=C(COc1ccc(Cl)cc1-c1ccno1)N/N=C/c1coc2ccccc2c1=O. The monoisotopic (exact) mass is 423 g/mol. The molecular weight excluding hydrogens is 410 g/mol. The zero-order chi connectivity index (χ0) is 20.9. The first-order chi connectivity index (χ1) is 14.6. The normalized spacial score (nSPS) is 11.1. The number of fused-ring (bicyclic) bond motifs is 1. The van der Waals surface area contributed by atoms with Crippen molar-refractivity contribution in [3.63, 3.8) is 0 Å². The van der Waals surface area contributed by atoms with Crippen molar-refractivity contribution < 1.29 is 18.5 Å². The number of ether oxygens (including phenoxy) is 1. The van der Waals surface area contributed by atoms with E-state index in [0.717, 1.165) is 0 Å². The van der Waals surface area contributed by atoms with Gasteiger partial charge in [-0.05, 0) is 30.3 Å². The number of amides is 1. The van der Waals surface area contributed by atoms with E-state index >= 15 is 0 Å². The number of halogens is 1. The Bertz CT molecular complexity index is 1280. The Balaban J connectivity index is 1.41. The molecule has 30 heavy (non-hydrogen) atoms. The highest BCUT2D eigenvalue weighted by atomic mass is 35.5. The lowest BCUT2D eigenvalue weighted by Crippen LogP contribution is -2.25. The van der Waals surface area contributed by atoms with Crippen molar-refractivity contribution in [3.8, 4) is 17.1 Å². The lowest BCUT2D eigenvalue weighted by atomic mass is 10.1. The second-order valence-electron chi connectivity index (χ2n) is 6.12. The van der Waals surface area contributed by atoms with Gasteiger partial charge in [0.25, 0.3) is 5.91 Å². The molecule has 0 saturated heterocycles. The summed E-state index contributed by atoms with van der Waals surface area (Å²) in [6, 6.07) is 13.4. The molecule has 0 fully saturated rings.